The van der Waals surface area contributed by atoms with Crippen LogP contribution in [0.25, 0.3) is 0 Å². The molecule has 0 aliphatic heterocycles. The van der Waals surface area contributed by atoms with Crippen molar-refractivity contribution in [3.8, 4) is 0 Å². The van der Waals surface area contributed by atoms with Gasteiger partial charge in [-0.25, -0.2) is 0 Å². The Morgan fingerprint density at radius 1 is 0.286 bits per heavy atom. The Kier molecular flexibility index (Phi) is 39.6. The summed E-state index contributed by atoms with van der Waals surface area (Å²) in [5, 5.41) is 0. The molecule has 0 atom stereocenters. The molecule has 0 rings (SSSR count). The Hall–Kier alpha value is 1.22. The second-order valence-electron chi connectivity index (χ2n) is 2.04. The van der Waals surface area contributed by atoms with Crippen LogP contribution in [0.1, 0.15) is 0 Å². The quantitative estimate of drug-likeness (QED) is 0.124. The van der Waals surface area contributed by atoms with E-state index < -0.39 is 52.0 Å². The van der Waals surface area contributed by atoms with E-state index >= 15 is 0 Å². The van der Waals surface area contributed by atoms with E-state index in [1.165, 1.54) is 0 Å². The van der Waals surface area contributed by atoms with Gasteiger partial charge in [-0.2, -0.15) is 0 Å². The molecule has 0 amide bonds. The van der Waals surface area contributed by atoms with Crippen LogP contribution < -0.4 is 0 Å². The third-order valence-corrected chi connectivity index (χ3v) is 0. The van der Waals surface area contributed by atoms with Gasteiger partial charge in [-0.15, -0.1) is 0 Å². The van der Waals surface area contributed by atoms with Crippen molar-refractivity contribution in [3.63, 3.8) is 0 Å². The van der Waals surface area contributed by atoms with Gasteiger partial charge in [-0.1, -0.05) is 0 Å². The van der Waals surface area contributed by atoms with E-state index in [0.29, 0.717) is 0 Å². The number of hydrogen-bond acceptors (Lipinski definition) is 20. The molecule has 0 spiro atoms. The molecule has 0 heterocycles. The zero-order valence-electron chi connectivity index (χ0n) is 11.3. The van der Waals surface area contributed by atoms with Gasteiger partial charge < -0.3 is 45.5 Å². The van der Waals surface area contributed by atoms with Gasteiger partial charge in [0.1, 0.15) is 0 Å². The van der Waals surface area contributed by atoms with Crippen LogP contribution in [0.2, 0.25) is 0 Å². The van der Waals surface area contributed by atoms with E-state index in [-0.39, 0.29) is 58.6 Å². The third kappa shape index (κ3) is 12600. The van der Waals surface area contributed by atoms with Crippen molar-refractivity contribution in [2.45, 2.75) is 0 Å². The van der Waals surface area contributed by atoms with Crippen LogP contribution in [-0.4, -0.2) is 87.6 Å². The largest absolute Gasteiger partial charge is 2.00 e. The fourth-order valence-electron chi connectivity index (χ4n) is 0. The summed E-state index contributed by atoms with van der Waals surface area (Å²) < 4.78 is 170. The van der Waals surface area contributed by atoms with E-state index in [4.69, 9.17) is 87.6 Å². The van der Waals surface area contributed by atoms with Gasteiger partial charge in [0.25, 0.3) is 0 Å². The maximum Gasteiger partial charge on any atom is 2.00 e. The third-order valence-electron chi connectivity index (χ3n) is 0. The molecule has 0 radical (unpaired) electrons. The van der Waals surface area contributed by atoms with Crippen molar-refractivity contribution in [1.29, 1.82) is 0 Å². The Bertz CT molecular complexity index is 625. The summed E-state index contributed by atoms with van der Waals surface area (Å²) in [4.78, 5) is 0. The van der Waals surface area contributed by atoms with Gasteiger partial charge in [-0.05, 0) is 0 Å². The predicted octanol–water partition coefficient (Wildman–Crippen LogP) is -6.70. The van der Waals surface area contributed by atoms with Gasteiger partial charge in [-0.3, -0.25) is 42.1 Å². The Labute approximate surface area is 196 Å². The topological polar surface area (TPSA) is 401 Å². The minimum Gasteiger partial charge on any atom is -0.759 e. The van der Waals surface area contributed by atoms with Gasteiger partial charge in [0.15, 0.2) is 0 Å². The summed E-state index contributed by atoms with van der Waals surface area (Å²) in [7, 11) is -25.8. The smallest absolute Gasteiger partial charge is 0.759 e. The van der Waals surface area contributed by atoms with Crippen molar-refractivity contribution >= 4 is 52.0 Å². The summed E-state index contributed by atoms with van der Waals surface area (Å²) in [6.45, 7) is 0. The van der Waals surface area contributed by atoms with Crippen molar-refractivity contribution in [2.75, 3.05) is 0 Å². The molecule has 0 unspecified atom stereocenters. The van der Waals surface area contributed by atoms with Crippen molar-refractivity contribution in [3.05, 3.63) is 0 Å². The summed E-state index contributed by atoms with van der Waals surface area (Å²) in [6.07, 6.45) is 0. The Morgan fingerprint density at radius 3 is 0.286 bits per heavy atom. The SMILES string of the molecule is O=S(=O)([O-])[O-].O=S(=O)([O-])[O-].O=S(=O)([O-])[O-].O=S(=O)([O-])[O-].O=S(=O)([O-])[O-].[Ni+2].[W].[W]. The number of rotatable bonds is 0. The summed E-state index contributed by atoms with van der Waals surface area (Å²) in [5.41, 5.74) is 0. The first-order valence-corrected chi connectivity index (χ1v) is 10.0. The molecule has 0 aliphatic rings. The first kappa shape index (κ1) is 51.7. The van der Waals surface area contributed by atoms with Gasteiger partial charge >= 0.3 is 16.5 Å². The molecule has 28 heteroatoms. The standard InChI is InChI=1S/Ni.5H2O4S.2W/c;5*1-5(2,3)4;;/h;5*(H2,1,2,3,4);;/q+2;;;;;;;/p-10. The molecular weight excluding hydrogens is 907 g/mol. The zero-order valence-corrected chi connectivity index (χ0v) is 22.3. The first-order chi connectivity index (χ1) is 10.0. The summed E-state index contributed by atoms with van der Waals surface area (Å²) in [5.74, 6) is 0. The number of hydrogen-bond donors (Lipinski definition) is 0. The van der Waals surface area contributed by atoms with Crippen molar-refractivity contribution in [2.24, 2.45) is 0 Å². The van der Waals surface area contributed by atoms with E-state index in [1.54, 1.807) is 0 Å². The minimum absolute atomic E-state index is 0. The average molecular weight is 907 g/mol. The second kappa shape index (κ2) is 21.5. The van der Waals surface area contributed by atoms with E-state index in [1.807, 2.05) is 0 Å². The summed E-state index contributed by atoms with van der Waals surface area (Å²) in [6, 6.07) is 0. The zero-order chi connectivity index (χ0) is 22.5. The monoisotopic (exact) mass is 906 g/mol. The molecular formula is NiO20S5W2-8. The summed E-state index contributed by atoms with van der Waals surface area (Å²) >= 11 is 0. The molecule has 20 nitrogen and oxygen atoms in total. The van der Waals surface area contributed by atoms with E-state index in [9.17, 15) is 0 Å². The second-order valence-corrected chi connectivity index (χ2v) is 6.12. The molecule has 0 aromatic heterocycles. The fourth-order valence-corrected chi connectivity index (χ4v) is 0. The van der Waals surface area contributed by atoms with Crippen LogP contribution in [0.4, 0.5) is 0 Å². The maximum absolute atomic E-state index is 8.52. The van der Waals surface area contributed by atoms with Crippen LogP contribution in [0.5, 0.6) is 0 Å². The molecule has 28 heavy (non-hydrogen) atoms. The van der Waals surface area contributed by atoms with Gasteiger partial charge in [0.2, 0.25) is 0 Å². The minimum atomic E-state index is -5.17. The van der Waals surface area contributed by atoms with Crippen LogP contribution in [0, 0.1) is 0 Å². The van der Waals surface area contributed by atoms with E-state index in [0.717, 1.165) is 0 Å². The molecule has 180 valence electrons. The van der Waals surface area contributed by atoms with Crippen LogP contribution in [0.15, 0.2) is 0 Å². The molecule has 0 bridgehead atoms. The van der Waals surface area contributed by atoms with Gasteiger partial charge in [0.05, 0.1) is 0 Å². The Morgan fingerprint density at radius 2 is 0.286 bits per heavy atom. The van der Waals surface area contributed by atoms with Crippen LogP contribution in [-0.2, 0) is 111 Å². The molecule has 0 aliphatic carbocycles. The van der Waals surface area contributed by atoms with E-state index in [2.05, 4.69) is 0 Å². The average Bonchev–Trinajstić information content (AvgIpc) is 1.79. The van der Waals surface area contributed by atoms with Gasteiger partial charge in [0, 0.05) is 94.1 Å². The van der Waals surface area contributed by atoms with Crippen molar-refractivity contribution in [1.82, 2.24) is 0 Å². The molecule has 0 saturated heterocycles. The molecule has 0 aromatic rings. The normalized spacial score (nSPS) is 10.4. The molecule has 0 fully saturated rings. The maximum atomic E-state index is 8.52. The van der Waals surface area contributed by atoms with Crippen LogP contribution >= 0.6 is 0 Å². The first-order valence-electron chi connectivity index (χ1n) is 3.33. The Balaban J connectivity index is -0.0000000290. The molecule has 0 aromatic carbocycles. The van der Waals surface area contributed by atoms with Crippen LogP contribution in [0.3, 0.4) is 0 Å². The fraction of sp³-hybridized carbons (Fsp3) is 0. The molecule has 0 saturated carbocycles. The molecule has 0 N–H and O–H groups in total. The van der Waals surface area contributed by atoms with Crippen molar-refractivity contribution < 1.29 is 146 Å². The predicted molar refractivity (Wildman–Crippen MR) is 52.4 cm³/mol.